The smallest absolute Gasteiger partial charge is 0.0580 e. The van der Waals surface area contributed by atoms with Gasteiger partial charge in [0.15, 0.2) is 0 Å². The lowest BCUT2D eigenvalue weighted by Crippen LogP contribution is -2.15. The first-order chi connectivity index (χ1) is 12.2. The fourth-order valence-corrected chi connectivity index (χ4v) is 3.50. The minimum atomic E-state index is 0.281. The fraction of sp³-hybridized carbons (Fsp3) is 0.217. The molecule has 126 valence electrons. The number of hydrogen-bond donors (Lipinski definition) is 2. The van der Waals surface area contributed by atoms with Gasteiger partial charge in [-0.1, -0.05) is 71.8 Å². The zero-order valence-electron chi connectivity index (χ0n) is 14.8. The number of benzene rings is 3. The Morgan fingerprint density at radius 2 is 1.00 bits per heavy atom. The Morgan fingerprint density at radius 1 is 0.600 bits per heavy atom. The molecule has 0 unspecified atom stereocenters. The Labute approximate surface area is 149 Å². The highest BCUT2D eigenvalue weighted by Gasteiger charge is 2.24. The third kappa shape index (κ3) is 3.39. The van der Waals surface area contributed by atoms with Crippen molar-refractivity contribution in [2.45, 2.75) is 32.4 Å². The predicted molar refractivity (Wildman–Crippen MR) is 106 cm³/mol. The van der Waals surface area contributed by atoms with Crippen LogP contribution in [0.4, 0.5) is 11.4 Å². The van der Waals surface area contributed by atoms with E-state index in [1.807, 2.05) is 0 Å². The Morgan fingerprint density at radius 3 is 1.40 bits per heavy atom. The quantitative estimate of drug-likeness (QED) is 0.601. The second-order valence-electron chi connectivity index (χ2n) is 7.00. The predicted octanol–water partition coefficient (Wildman–Crippen LogP) is 6.01. The summed E-state index contributed by atoms with van der Waals surface area (Å²) in [7, 11) is 0. The molecule has 0 saturated heterocycles. The van der Waals surface area contributed by atoms with Gasteiger partial charge in [-0.25, -0.2) is 0 Å². The molecular weight excluding hydrogens is 304 g/mol. The highest BCUT2D eigenvalue weighted by molar-refractivity contribution is 5.71. The molecule has 2 atom stereocenters. The summed E-state index contributed by atoms with van der Waals surface area (Å²) >= 11 is 0. The molecule has 0 saturated carbocycles. The molecule has 2 nitrogen and oxygen atoms in total. The van der Waals surface area contributed by atoms with Crippen LogP contribution in [0.1, 0.15) is 40.8 Å². The molecule has 3 aromatic carbocycles. The molecule has 0 aromatic heterocycles. The molecule has 2 N–H and O–H groups in total. The minimum Gasteiger partial charge on any atom is -0.376 e. The summed E-state index contributed by atoms with van der Waals surface area (Å²) in [4.78, 5) is 0. The lowest BCUT2D eigenvalue weighted by atomic mass is 9.94. The summed E-state index contributed by atoms with van der Waals surface area (Å²) in [5, 5.41) is 7.49. The largest absolute Gasteiger partial charge is 0.376 e. The molecule has 1 aliphatic heterocycles. The van der Waals surface area contributed by atoms with Crippen LogP contribution in [0.2, 0.25) is 0 Å². The van der Waals surface area contributed by atoms with Gasteiger partial charge in [-0.2, -0.15) is 0 Å². The van der Waals surface area contributed by atoms with Crippen LogP contribution >= 0.6 is 0 Å². The summed E-state index contributed by atoms with van der Waals surface area (Å²) in [5.41, 5.74) is 7.60. The van der Waals surface area contributed by atoms with Crippen LogP contribution in [0, 0.1) is 13.8 Å². The van der Waals surface area contributed by atoms with Gasteiger partial charge in [0.05, 0.1) is 23.5 Å². The topological polar surface area (TPSA) is 24.1 Å². The van der Waals surface area contributed by atoms with Crippen LogP contribution in [0.25, 0.3) is 0 Å². The SMILES string of the molecule is Cc1ccc([C@H]2C[C@H](c3ccc(C)cc3)Nc3ccccc3N2)cc1. The molecule has 2 heteroatoms. The van der Waals surface area contributed by atoms with Crippen molar-refractivity contribution < 1.29 is 0 Å². The first-order valence-corrected chi connectivity index (χ1v) is 8.94. The van der Waals surface area contributed by atoms with Crippen molar-refractivity contribution in [3.05, 3.63) is 95.1 Å². The number of hydrogen-bond acceptors (Lipinski definition) is 2. The van der Waals surface area contributed by atoms with Crippen LogP contribution in [0.3, 0.4) is 0 Å². The van der Waals surface area contributed by atoms with E-state index in [9.17, 15) is 0 Å². The normalized spacial score (nSPS) is 19.3. The van der Waals surface area contributed by atoms with Crippen LogP contribution in [0.15, 0.2) is 72.8 Å². The molecular formula is C23H24N2. The molecule has 25 heavy (non-hydrogen) atoms. The van der Waals surface area contributed by atoms with Crippen molar-refractivity contribution in [1.29, 1.82) is 0 Å². The minimum absolute atomic E-state index is 0.281. The average molecular weight is 328 g/mol. The number of rotatable bonds is 2. The van der Waals surface area contributed by atoms with E-state index in [0.717, 1.165) is 6.42 Å². The third-order valence-electron chi connectivity index (χ3n) is 5.02. The Kier molecular flexibility index (Phi) is 4.19. The maximum absolute atomic E-state index is 3.74. The fourth-order valence-electron chi connectivity index (χ4n) is 3.50. The van der Waals surface area contributed by atoms with E-state index < -0.39 is 0 Å². The molecule has 1 aliphatic rings. The maximum atomic E-state index is 3.74. The Bertz CT molecular complexity index is 778. The van der Waals surface area contributed by atoms with Gasteiger partial charge in [-0.05, 0) is 43.5 Å². The lowest BCUT2D eigenvalue weighted by Gasteiger charge is -2.23. The van der Waals surface area contributed by atoms with Crippen molar-refractivity contribution in [3.63, 3.8) is 0 Å². The van der Waals surface area contributed by atoms with Crippen molar-refractivity contribution in [2.24, 2.45) is 0 Å². The van der Waals surface area contributed by atoms with E-state index >= 15 is 0 Å². The third-order valence-corrected chi connectivity index (χ3v) is 5.02. The van der Waals surface area contributed by atoms with E-state index in [2.05, 4.69) is 97.3 Å². The second-order valence-corrected chi connectivity index (χ2v) is 7.00. The first-order valence-electron chi connectivity index (χ1n) is 8.94. The van der Waals surface area contributed by atoms with Gasteiger partial charge in [-0.3, -0.25) is 0 Å². The van der Waals surface area contributed by atoms with Crippen molar-refractivity contribution in [3.8, 4) is 0 Å². The van der Waals surface area contributed by atoms with Crippen LogP contribution < -0.4 is 10.6 Å². The van der Waals surface area contributed by atoms with Gasteiger partial charge >= 0.3 is 0 Å². The van der Waals surface area contributed by atoms with E-state index in [1.54, 1.807) is 0 Å². The van der Waals surface area contributed by atoms with Gasteiger partial charge in [0, 0.05) is 0 Å². The standard InChI is InChI=1S/C23H24N2/c1-16-7-11-18(12-8-16)22-15-23(19-13-9-17(2)10-14-19)25-21-6-4-3-5-20(21)24-22/h3-14,22-25H,15H2,1-2H3/t22-,23-/m1/s1. The number of anilines is 2. The molecule has 1 heterocycles. The first kappa shape index (κ1) is 15.8. The van der Waals surface area contributed by atoms with Gasteiger partial charge in [-0.15, -0.1) is 0 Å². The average Bonchev–Trinajstić information content (AvgIpc) is 2.82. The highest BCUT2D eigenvalue weighted by atomic mass is 15.0. The van der Waals surface area contributed by atoms with Crippen LogP contribution in [0.5, 0.6) is 0 Å². The van der Waals surface area contributed by atoms with Gasteiger partial charge in [0.2, 0.25) is 0 Å². The van der Waals surface area contributed by atoms with E-state index in [-0.39, 0.29) is 12.1 Å². The number of nitrogens with one attached hydrogen (secondary N) is 2. The molecule has 0 spiro atoms. The molecule has 0 radical (unpaired) electrons. The summed E-state index contributed by atoms with van der Waals surface area (Å²) < 4.78 is 0. The maximum Gasteiger partial charge on any atom is 0.0580 e. The van der Waals surface area contributed by atoms with E-state index in [4.69, 9.17) is 0 Å². The monoisotopic (exact) mass is 328 g/mol. The van der Waals surface area contributed by atoms with Gasteiger partial charge in [0.1, 0.15) is 0 Å². The highest BCUT2D eigenvalue weighted by Crippen LogP contribution is 2.38. The Balaban J connectivity index is 1.72. The van der Waals surface area contributed by atoms with Crippen molar-refractivity contribution in [1.82, 2.24) is 0 Å². The van der Waals surface area contributed by atoms with Gasteiger partial charge in [0.25, 0.3) is 0 Å². The Hall–Kier alpha value is -2.74. The molecule has 0 fully saturated rings. The molecule has 3 aromatic rings. The van der Waals surface area contributed by atoms with E-state index in [0.29, 0.717) is 0 Å². The molecule has 0 bridgehead atoms. The summed E-state index contributed by atoms with van der Waals surface area (Å²) in [6.07, 6.45) is 1.00. The van der Waals surface area contributed by atoms with Crippen molar-refractivity contribution >= 4 is 11.4 Å². The van der Waals surface area contributed by atoms with Crippen LogP contribution in [-0.4, -0.2) is 0 Å². The number of aryl methyl sites for hydroxylation is 2. The summed E-state index contributed by atoms with van der Waals surface area (Å²) in [5.74, 6) is 0. The van der Waals surface area contributed by atoms with Crippen molar-refractivity contribution in [2.75, 3.05) is 10.6 Å². The van der Waals surface area contributed by atoms with Crippen LogP contribution in [-0.2, 0) is 0 Å². The molecule has 4 rings (SSSR count). The molecule has 0 aliphatic carbocycles. The summed E-state index contributed by atoms with van der Waals surface area (Å²) in [6.45, 7) is 4.27. The van der Waals surface area contributed by atoms with E-state index in [1.165, 1.54) is 33.6 Å². The zero-order valence-corrected chi connectivity index (χ0v) is 14.8. The van der Waals surface area contributed by atoms with Gasteiger partial charge < -0.3 is 10.6 Å². The molecule has 0 amide bonds. The number of para-hydroxylation sites is 2. The lowest BCUT2D eigenvalue weighted by molar-refractivity contribution is 0.622. The second kappa shape index (κ2) is 6.64. The number of fused-ring (bicyclic) bond motifs is 1. The zero-order chi connectivity index (χ0) is 17.2. The summed E-state index contributed by atoms with van der Waals surface area (Å²) in [6, 6.07) is 26.8.